The van der Waals surface area contributed by atoms with Crippen LogP contribution in [-0.4, -0.2) is 23.7 Å². The van der Waals surface area contributed by atoms with Crippen LogP contribution >= 0.6 is 11.3 Å². The van der Waals surface area contributed by atoms with Crippen LogP contribution in [0.5, 0.6) is 0 Å². The molecule has 0 aliphatic rings. The maximum absolute atomic E-state index is 14.5. The molecular formula is C14H11F2N3O4S2. The molecule has 0 atom stereocenters. The summed E-state index contributed by atoms with van der Waals surface area (Å²) in [4.78, 5) is 3.24. The summed E-state index contributed by atoms with van der Waals surface area (Å²) in [6, 6.07) is 1.15. The summed E-state index contributed by atoms with van der Waals surface area (Å²) in [5.74, 6) is -2.40. The first-order valence-electron chi connectivity index (χ1n) is 6.76. The Kier molecular flexibility index (Phi) is 4.41. The fraction of sp³-hybridized carbons (Fsp3) is 0.143. The van der Waals surface area contributed by atoms with Crippen LogP contribution in [0.1, 0.15) is 11.5 Å². The second-order valence-electron chi connectivity index (χ2n) is 5.09. The summed E-state index contributed by atoms with van der Waals surface area (Å²) in [5, 5.41) is 20.1. The number of thiazole rings is 1. The highest BCUT2D eigenvalue weighted by Gasteiger charge is 2.26. The molecule has 0 spiro atoms. The lowest BCUT2D eigenvalue weighted by atomic mass is 10.0. The Bertz CT molecular complexity index is 1060. The zero-order valence-electron chi connectivity index (χ0n) is 12.7. The number of sulfonamides is 1. The van der Waals surface area contributed by atoms with Crippen LogP contribution in [0.4, 0.5) is 8.78 Å². The van der Waals surface area contributed by atoms with E-state index in [1.165, 1.54) is 11.3 Å². The number of hydrogen-bond donors (Lipinski definition) is 2. The average Bonchev–Trinajstić information content (AvgIpc) is 3.13. The van der Waals surface area contributed by atoms with Crippen molar-refractivity contribution in [2.24, 2.45) is 5.14 Å². The van der Waals surface area contributed by atoms with Gasteiger partial charge in [-0.15, -0.1) is 11.3 Å². The summed E-state index contributed by atoms with van der Waals surface area (Å²) in [6.45, 7) is 1.12. The largest absolute Gasteiger partial charge is 0.388 e. The molecule has 3 rings (SSSR count). The molecule has 0 radical (unpaired) electrons. The Labute approximate surface area is 144 Å². The van der Waals surface area contributed by atoms with E-state index in [1.54, 1.807) is 12.3 Å². The number of aliphatic hydroxyl groups excluding tert-OH is 1. The zero-order valence-corrected chi connectivity index (χ0v) is 14.3. The van der Waals surface area contributed by atoms with Crippen molar-refractivity contribution in [2.45, 2.75) is 18.4 Å². The average molecular weight is 387 g/mol. The number of nitrogens with two attached hydrogens (primary N) is 1. The van der Waals surface area contributed by atoms with Crippen LogP contribution in [0.25, 0.3) is 21.8 Å². The van der Waals surface area contributed by atoms with Crippen molar-refractivity contribution < 1.29 is 26.8 Å². The van der Waals surface area contributed by atoms with Gasteiger partial charge in [0.05, 0.1) is 5.56 Å². The molecule has 0 saturated carbocycles. The lowest BCUT2D eigenvalue weighted by Crippen LogP contribution is -2.14. The van der Waals surface area contributed by atoms with Gasteiger partial charge < -0.3 is 9.63 Å². The minimum Gasteiger partial charge on any atom is -0.388 e. The third-order valence-corrected chi connectivity index (χ3v) is 5.22. The molecule has 25 heavy (non-hydrogen) atoms. The van der Waals surface area contributed by atoms with Gasteiger partial charge in [0.25, 0.3) is 0 Å². The second kappa shape index (κ2) is 6.26. The van der Waals surface area contributed by atoms with Crippen LogP contribution < -0.4 is 5.14 Å². The highest BCUT2D eigenvalue weighted by Crippen LogP contribution is 2.38. The van der Waals surface area contributed by atoms with Gasteiger partial charge in [0.1, 0.15) is 28.1 Å². The fourth-order valence-corrected chi connectivity index (χ4v) is 3.64. The third-order valence-electron chi connectivity index (χ3n) is 3.33. The molecule has 0 bridgehead atoms. The Morgan fingerprint density at radius 3 is 2.60 bits per heavy atom. The maximum Gasteiger partial charge on any atom is 0.241 e. The molecule has 132 valence electrons. The van der Waals surface area contributed by atoms with Crippen molar-refractivity contribution >= 4 is 21.4 Å². The first kappa shape index (κ1) is 17.6. The normalized spacial score (nSPS) is 11.9. The van der Waals surface area contributed by atoms with E-state index in [9.17, 15) is 22.3 Å². The molecule has 3 N–H and O–H groups in total. The quantitative estimate of drug-likeness (QED) is 0.708. The summed E-state index contributed by atoms with van der Waals surface area (Å²) in [6.07, 6.45) is 0. The van der Waals surface area contributed by atoms with Crippen molar-refractivity contribution in [3.63, 3.8) is 0 Å². The predicted octanol–water partition coefficient (Wildman–Crippen LogP) is 2.19. The van der Waals surface area contributed by atoms with Crippen molar-refractivity contribution in [2.75, 3.05) is 0 Å². The second-order valence-corrected chi connectivity index (χ2v) is 7.48. The Morgan fingerprint density at radius 2 is 2.04 bits per heavy atom. The number of nitrogens with zero attached hydrogens (tertiary/aromatic N) is 2. The highest BCUT2D eigenvalue weighted by molar-refractivity contribution is 7.89. The molecule has 2 aromatic heterocycles. The molecular weight excluding hydrogens is 376 g/mol. The Hall–Kier alpha value is -2.21. The van der Waals surface area contributed by atoms with Crippen LogP contribution in [0, 0.1) is 18.6 Å². The molecule has 0 unspecified atom stereocenters. The van der Waals surface area contributed by atoms with Crippen LogP contribution in [0.15, 0.2) is 26.9 Å². The van der Waals surface area contributed by atoms with Crippen molar-refractivity contribution in [3.8, 4) is 21.8 Å². The summed E-state index contributed by atoms with van der Waals surface area (Å²) in [5.41, 5.74) is 0.479. The van der Waals surface area contributed by atoms with Gasteiger partial charge in [0, 0.05) is 16.6 Å². The third kappa shape index (κ3) is 3.18. The molecule has 3 aromatic rings. The molecule has 0 amide bonds. The zero-order chi connectivity index (χ0) is 18.4. The summed E-state index contributed by atoms with van der Waals surface area (Å²) < 4.78 is 56.2. The molecule has 1 aromatic carbocycles. The van der Waals surface area contributed by atoms with Gasteiger partial charge in [0.15, 0.2) is 11.5 Å². The smallest absolute Gasteiger partial charge is 0.241 e. The first-order chi connectivity index (χ1) is 11.7. The Morgan fingerprint density at radius 1 is 1.32 bits per heavy atom. The number of aliphatic hydroxyl groups is 1. The van der Waals surface area contributed by atoms with Crippen LogP contribution in [-0.2, 0) is 16.6 Å². The number of aromatic nitrogens is 2. The molecule has 2 heterocycles. The molecule has 0 aliphatic heterocycles. The fourth-order valence-electron chi connectivity index (χ4n) is 2.26. The van der Waals surface area contributed by atoms with Crippen LogP contribution in [0.2, 0.25) is 0 Å². The molecule has 11 heteroatoms. The lowest BCUT2D eigenvalue weighted by molar-refractivity contribution is 0.230. The number of primary sulfonamides is 1. The number of aryl methyl sites for hydroxylation is 1. The van der Waals surface area contributed by atoms with E-state index in [1.807, 2.05) is 0 Å². The standard InChI is InChI=1S/C14H11F2N3O4S2/c1-6-5-24-14(18-6)13-12(10(4-20)23-19-13)7-2-9(16)11(3-8(7)15)25(17,21)22/h2-3,5,20H,4H2,1H3,(H2,17,21,22). The molecule has 0 saturated heterocycles. The van der Waals surface area contributed by atoms with E-state index >= 15 is 0 Å². The van der Waals surface area contributed by atoms with Gasteiger partial charge in [-0.05, 0) is 19.1 Å². The molecule has 0 fully saturated rings. The summed E-state index contributed by atoms with van der Waals surface area (Å²) >= 11 is 1.21. The van der Waals surface area contributed by atoms with E-state index in [0.29, 0.717) is 22.8 Å². The van der Waals surface area contributed by atoms with E-state index in [-0.39, 0.29) is 22.6 Å². The monoisotopic (exact) mass is 387 g/mol. The summed E-state index contributed by atoms with van der Waals surface area (Å²) in [7, 11) is -4.43. The van der Waals surface area contributed by atoms with E-state index in [0.717, 1.165) is 0 Å². The lowest BCUT2D eigenvalue weighted by Gasteiger charge is -2.07. The minimum absolute atomic E-state index is 0.00535. The van der Waals surface area contributed by atoms with E-state index < -0.39 is 33.2 Å². The molecule has 0 aliphatic carbocycles. The van der Waals surface area contributed by atoms with Crippen molar-refractivity contribution in [1.82, 2.24) is 10.1 Å². The van der Waals surface area contributed by atoms with Gasteiger partial charge in [-0.25, -0.2) is 27.3 Å². The van der Waals surface area contributed by atoms with Crippen molar-refractivity contribution in [3.05, 3.63) is 40.6 Å². The number of benzene rings is 1. The van der Waals surface area contributed by atoms with Gasteiger partial charge in [-0.2, -0.15) is 0 Å². The topological polar surface area (TPSA) is 119 Å². The van der Waals surface area contributed by atoms with E-state index in [4.69, 9.17) is 9.66 Å². The van der Waals surface area contributed by atoms with Gasteiger partial charge in [-0.1, -0.05) is 5.16 Å². The number of rotatable bonds is 4. The maximum atomic E-state index is 14.5. The van der Waals surface area contributed by atoms with E-state index in [2.05, 4.69) is 10.1 Å². The van der Waals surface area contributed by atoms with Gasteiger partial charge in [0.2, 0.25) is 10.0 Å². The number of halogens is 2. The predicted molar refractivity (Wildman–Crippen MR) is 85.0 cm³/mol. The highest BCUT2D eigenvalue weighted by atomic mass is 32.2. The minimum atomic E-state index is -4.43. The van der Waals surface area contributed by atoms with Gasteiger partial charge >= 0.3 is 0 Å². The number of hydrogen-bond acceptors (Lipinski definition) is 7. The SMILES string of the molecule is Cc1csc(-c2noc(CO)c2-c2cc(F)c(S(N)(=O)=O)cc2F)n1. The molecule has 7 nitrogen and oxygen atoms in total. The van der Waals surface area contributed by atoms with Crippen molar-refractivity contribution in [1.29, 1.82) is 0 Å². The Balaban J connectivity index is 2.27. The first-order valence-corrected chi connectivity index (χ1v) is 9.19. The van der Waals surface area contributed by atoms with Gasteiger partial charge in [-0.3, -0.25) is 0 Å². The van der Waals surface area contributed by atoms with Crippen LogP contribution in [0.3, 0.4) is 0 Å².